The number of rotatable bonds is 3. The van der Waals surface area contributed by atoms with Gasteiger partial charge < -0.3 is 4.90 Å². The summed E-state index contributed by atoms with van der Waals surface area (Å²) in [5.74, 6) is 0.589. The van der Waals surface area contributed by atoms with Gasteiger partial charge in [0.05, 0.1) is 6.42 Å². The topological polar surface area (TPSA) is 33.2 Å². The molecule has 1 aliphatic rings. The minimum absolute atomic E-state index is 0.193. The number of carbonyl (C=O) groups is 1. The summed E-state index contributed by atoms with van der Waals surface area (Å²) in [5, 5.41) is 0.756. The van der Waals surface area contributed by atoms with Crippen LogP contribution in [0.25, 0.3) is 0 Å². The molecule has 2 heterocycles. The fourth-order valence-electron chi connectivity index (χ4n) is 3.16. The fourth-order valence-corrected chi connectivity index (χ4v) is 3.29. The summed E-state index contributed by atoms with van der Waals surface area (Å²) in [6.07, 6.45) is 7.29. The Kier molecular flexibility index (Phi) is 5.29. The number of benzene rings is 1. The third kappa shape index (κ3) is 4.32. The van der Waals surface area contributed by atoms with E-state index in [1.807, 2.05) is 29.2 Å². The molecule has 0 N–H and O–H groups in total. The molecule has 1 atom stereocenters. The molecule has 120 valence electrons. The van der Waals surface area contributed by atoms with Gasteiger partial charge in [-0.3, -0.25) is 9.78 Å². The van der Waals surface area contributed by atoms with Crippen LogP contribution in [-0.4, -0.2) is 28.9 Å². The highest BCUT2D eigenvalue weighted by Gasteiger charge is 2.23. The zero-order valence-corrected chi connectivity index (χ0v) is 13.9. The fraction of sp³-hybridized carbons (Fsp3) is 0.368. The molecule has 1 saturated heterocycles. The van der Waals surface area contributed by atoms with E-state index in [9.17, 15) is 4.79 Å². The SMILES string of the molecule is O=C(Cc1cccnc1)N1CCCCC(c2ccc(Cl)cc2)C1. The Morgan fingerprint density at radius 2 is 2.04 bits per heavy atom. The molecule has 1 amide bonds. The lowest BCUT2D eigenvalue weighted by atomic mass is 9.94. The quantitative estimate of drug-likeness (QED) is 0.850. The maximum absolute atomic E-state index is 12.6. The number of nitrogens with zero attached hydrogens (tertiary/aromatic N) is 2. The number of carbonyl (C=O) groups excluding carboxylic acids is 1. The molecule has 2 aromatic rings. The lowest BCUT2D eigenvalue weighted by Crippen LogP contribution is -2.35. The van der Waals surface area contributed by atoms with Crippen LogP contribution in [0, 0.1) is 0 Å². The van der Waals surface area contributed by atoms with Gasteiger partial charge in [-0.25, -0.2) is 0 Å². The molecule has 4 heteroatoms. The first kappa shape index (κ1) is 16.0. The van der Waals surface area contributed by atoms with Crippen molar-refractivity contribution in [1.82, 2.24) is 9.88 Å². The predicted molar refractivity (Wildman–Crippen MR) is 92.6 cm³/mol. The lowest BCUT2D eigenvalue weighted by Gasteiger charge is -2.25. The van der Waals surface area contributed by atoms with Crippen molar-refractivity contribution in [3.05, 3.63) is 64.9 Å². The second-order valence-electron chi connectivity index (χ2n) is 6.12. The first-order chi connectivity index (χ1) is 11.2. The predicted octanol–water partition coefficient (Wildman–Crippen LogP) is 4.07. The van der Waals surface area contributed by atoms with E-state index in [1.165, 1.54) is 5.56 Å². The van der Waals surface area contributed by atoms with Crippen LogP contribution >= 0.6 is 11.6 Å². The molecule has 1 aliphatic heterocycles. The van der Waals surface area contributed by atoms with Gasteiger partial charge >= 0.3 is 0 Å². The standard InChI is InChI=1S/C19H21ClN2O/c20-18-8-6-16(7-9-18)17-5-1-2-11-22(14-17)19(23)12-15-4-3-10-21-13-15/h3-4,6-10,13,17H,1-2,5,11-12,14H2. The molecular formula is C19H21ClN2O. The minimum atomic E-state index is 0.193. The van der Waals surface area contributed by atoms with Gasteiger partial charge in [0.15, 0.2) is 0 Å². The third-order valence-corrected chi connectivity index (χ3v) is 4.70. The van der Waals surface area contributed by atoms with Crippen molar-refractivity contribution in [2.45, 2.75) is 31.6 Å². The number of hydrogen-bond acceptors (Lipinski definition) is 2. The Morgan fingerprint density at radius 3 is 2.78 bits per heavy atom. The lowest BCUT2D eigenvalue weighted by molar-refractivity contribution is -0.130. The summed E-state index contributed by atoms with van der Waals surface area (Å²) in [7, 11) is 0. The highest BCUT2D eigenvalue weighted by molar-refractivity contribution is 6.30. The van der Waals surface area contributed by atoms with E-state index in [0.717, 1.165) is 42.9 Å². The summed E-state index contributed by atoms with van der Waals surface area (Å²) >= 11 is 5.98. The van der Waals surface area contributed by atoms with Gasteiger partial charge in [0.25, 0.3) is 0 Å². The van der Waals surface area contributed by atoms with Gasteiger partial charge in [0.2, 0.25) is 5.91 Å². The molecule has 1 unspecified atom stereocenters. The van der Waals surface area contributed by atoms with Crippen molar-refractivity contribution in [2.24, 2.45) is 0 Å². The summed E-state index contributed by atoms with van der Waals surface area (Å²) in [6.45, 7) is 1.64. The van der Waals surface area contributed by atoms with Gasteiger partial charge in [0.1, 0.15) is 0 Å². The van der Waals surface area contributed by atoms with E-state index < -0.39 is 0 Å². The number of hydrogen-bond donors (Lipinski definition) is 0. The molecule has 0 bridgehead atoms. The largest absolute Gasteiger partial charge is 0.342 e. The molecule has 23 heavy (non-hydrogen) atoms. The smallest absolute Gasteiger partial charge is 0.227 e. The summed E-state index contributed by atoms with van der Waals surface area (Å²) < 4.78 is 0. The zero-order valence-electron chi connectivity index (χ0n) is 13.1. The number of pyridine rings is 1. The molecule has 0 spiro atoms. The van der Waals surface area contributed by atoms with E-state index in [2.05, 4.69) is 17.1 Å². The normalized spacial score (nSPS) is 18.5. The van der Waals surface area contributed by atoms with E-state index in [0.29, 0.717) is 12.3 Å². The average Bonchev–Trinajstić information content (AvgIpc) is 2.83. The highest BCUT2D eigenvalue weighted by Crippen LogP contribution is 2.27. The molecule has 0 saturated carbocycles. The van der Waals surface area contributed by atoms with Crippen LogP contribution in [0.2, 0.25) is 5.02 Å². The number of likely N-dealkylation sites (tertiary alicyclic amines) is 1. The number of amides is 1. The second kappa shape index (κ2) is 7.60. The van der Waals surface area contributed by atoms with Gasteiger partial charge in [-0.1, -0.05) is 36.2 Å². The van der Waals surface area contributed by atoms with Crippen LogP contribution in [0.1, 0.15) is 36.3 Å². The van der Waals surface area contributed by atoms with Crippen LogP contribution in [0.3, 0.4) is 0 Å². The van der Waals surface area contributed by atoms with Crippen LogP contribution in [0.15, 0.2) is 48.8 Å². The van der Waals surface area contributed by atoms with Gasteiger partial charge in [-0.05, 0) is 42.2 Å². The van der Waals surface area contributed by atoms with Crippen LogP contribution in [0.4, 0.5) is 0 Å². The Bertz CT molecular complexity index is 642. The van der Waals surface area contributed by atoms with Crippen molar-refractivity contribution >= 4 is 17.5 Å². The van der Waals surface area contributed by atoms with Crippen molar-refractivity contribution < 1.29 is 4.79 Å². The van der Waals surface area contributed by atoms with Crippen molar-refractivity contribution in [2.75, 3.05) is 13.1 Å². The molecule has 3 nitrogen and oxygen atoms in total. The number of aromatic nitrogens is 1. The highest BCUT2D eigenvalue weighted by atomic mass is 35.5. The molecular weight excluding hydrogens is 308 g/mol. The van der Waals surface area contributed by atoms with Gasteiger partial charge in [-0.15, -0.1) is 0 Å². The van der Waals surface area contributed by atoms with Crippen molar-refractivity contribution in [3.63, 3.8) is 0 Å². The molecule has 0 radical (unpaired) electrons. The van der Waals surface area contributed by atoms with E-state index in [4.69, 9.17) is 11.6 Å². The average molecular weight is 329 g/mol. The summed E-state index contributed by atoms with van der Waals surface area (Å²) in [5.41, 5.74) is 2.25. The molecule has 1 fully saturated rings. The molecule has 1 aromatic carbocycles. The van der Waals surface area contributed by atoms with Crippen LogP contribution in [-0.2, 0) is 11.2 Å². The van der Waals surface area contributed by atoms with Crippen molar-refractivity contribution in [3.8, 4) is 0 Å². The van der Waals surface area contributed by atoms with E-state index in [1.54, 1.807) is 12.4 Å². The summed E-state index contributed by atoms with van der Waals surface area (Å²) in [6, 6.07) is 11.9. The first-order valence-electron chi connectivity index (χ1n) is 8.14. The van der Waals surface area contributed by atoms with Gasteiger partial charge in [0, 0.05) is 36.4 Å². The maximum Gasteiger partial charge on any atom is 0.227 e. The monoisotopic (exact) mass is 328 g/mol. The molecule has 0 aliphatic carbocycles. The minimum Gasteiger partial charge on any atom is -0.342 e. The zero-order chi connectivity index (χ0) is 16.1. The van der Waals surface area contributed by atoms with E-state index in [-0.39, 0.29) is 5.91 Å². The Balaban J connectivity index is 1.69. The van der Waals surface area contributed by atoms with Crippen LogP contribution < -0.4 is 0 Å². The molecule has 3 rings (SSSR count). The number of halogens is 1. The molecule has 1 aromatic heterocycles. The first-order valence-corrected chi connectivity index (χ1v) is 8.52. The Labute approximate surface area is 142 Å². The Morgan fingerprint density at radius 1 is 1.22 bits per heavy atom. The Hall–Kier alpha value is -1.87. The van der Waals surface area contributed by atoms with Crippen LogP contribution in [0.5, 0.6) is 0 Å². The maximum atomic E-state index is 12.6. The van der Waals surface area contributed by atoms with Gasteiger partial charge in [-0.2, -0.15) is 0 Å². The summed E-state index contributed by atoms with van der Waals surface area (Å²) in [4.78, 5) is 18.7. The van der Waals surface area contributed by atoms with E-state index >= 15 is 0 Å². The van der Waals surface area contributed by atoms with Crippen molar-refractivity contribution in [1.29, 1.82) is 0 Å². The second-order valence-corrected chi connectivity index (χ2v) is 6.56. The third-order valence-electron chi connectivity index (χ3n) is 4.44.